The molecule has 1 fully saturated rings. The number of nitrogens with zero attached hydrogens (tertiary/aromatic N) is 3. The minimum Gasteiger partial charge on any atom is -0.377 e. The SMILES string of the molecule is C=CCn1c(SCC2CCCO2)nnc1-c1ccccc1F. The first-order chi connectivity index (χ1) is 10.8. The zero-order valence-electron chi connectivity index (χ0n) is 12.2. The Bertz CT molecular complexity index is 653. The fourth-order valence-electron chi connectivity index (χ4n) is 2.47. The van der Waals surface area contributed by atoms with Gasteiger partial charge in [-0.3, -0.25) is 4.57 Å². The zero-order valence-corrected chi connectivity index (χ0v) is 13.1. The number of benzene rings is 1. The smallest absolute Gasteiger partial charge is 0.191 e. The Morgan fingerprint density at radius 3 is 3.00 bits per heavy atom. The molecule has 6 heteroatoms. The van der Waals surface area contributed by atoms with Crippen LogP contribution in [0.4, 0.5) is 4.39 Å². The molecule has 0 saturated carbocycles. The van der Waals surface area contributed by atoms with Gasteiger partial charge in [0.25, 0.3) is 0 Å². The molecule has 0 amide bonds. The van der Waals surface area contributed by atoms with E-state index in [2.05, 4.69) is 16.8 Å². The van der Waals surface area contributed by atoms with Crippen molar-refractivity contribution in [3.63, 3.8) is 0 Å². The van der Waals surface area contributed by atoms with E-state index in [1.165, 1.54) is 6.07 Å². The predicted molar refractivity (Wildman–Crippen MR) is 85.3 cm³/mol. The van der Waals surface area contributed by atoms with Crippen LogP contribution in [0.25, 0.3) is 11.4 Å². The second-order valence-electron chi connectivity index (χ2n) is 5.13. The molecule has 22 heavy (non-hydrogen) atoms. The standard InChI is InChI=1S/C16H18FN3OS/c1-2-9-20-15(13-7-3-4-8-14(13)17)18-19-16(20)22-11-12-6-5-10-21-12/h2-4,7-8,12H,1,5-6,9-11H2. The summed E-state index contributed by atoms with van der Waals surface area (Å²) in [7, 11) is 0. The van der Waals surface area contributed by atoms with Gasteiger partial charge in [-0.2, -0.15) is 0 Å². The molecule has 0 N–H and O–H groups in total. The molecule has 3 rings (SSSR count). The Labute approximate surface area is 133 Å². The summed E-state index contributed by atoms with van der Waals surface area (Å²) < 4.78 is 21.5. The summed E-state index contributed by atoms with van der Waals surface area (Å²) >= 11 is 1.60. The molecular formula is C16H18FN3OS. The van der Waals surface area contributed by atoms with E-state index in [1.54, 1.807) is 36.0 Å². The highest BCUT2D eigenvalue weighted by atomic mass is 32.2. The lowest BCUT2D eigenvalue weighted by molar-refractivity contribution is 0.129. The molecule has 0 bridgehead atoms. The van der Waals surface area contributed by atoms with Crippen molar-refractivity contribution < 1.29 is 9.13 Å². The van der Waals surface area contributed by atoms with Crippen LogP contribution in [-0.2, 0) is 11.3 Å². The number of thioether (sulfide) groups is 1. The third-order valence-corrected chi connectivity index (χ3v) is 4.66. The van der Waals surface area contributed by atoms with Gasteiger partial charge in [-0.15, -0.1) is 16.8 Å². The van der Waals surface area contributed by atoms with Crippen molar-refractivity contribution in [3.8, 4) is 11.4 Å². The van der Waals surface area contributed by atoms with E-state index in [0.29, 0.717) is 17.9 Å². The Morgan fingerprint density at radius 2 is 2.27 bits per heavy atom. The van der Waals surface area contributed by atoms with Crippen molar-refractivity contribution >= 4 is 11.8 Å². The van der Waals surface area contributed by atoms with Crippen molar-refractivity contribution in [2.24, 2.45) is 0 Å². The van der Waals surface area contributed by atoms with Crippen molar-refractivity contribution in [3.05, 3.63) is 42.7 Å². The van der Waals surface area contributed by atoms with Gasteiger partial charge in [-0.25, -0.2) is 4.39 Å². The van der Waals surface area contributed by atoms with Crippen molar-refractivity contribution in [1.29, 1.82) is 0 Å². The molecule has 1 aromatic carbocycles. The highest BCUT2D eigenvalue weighted by Crippen LogP contribution is 2.27. The van der Waals surface area contributed by atoms with E-state index >= 15 is 0 Å². The summed E-state index contributed by atoms with van der Waals surface area (Å²) in [4.78, 5) is 0. The van der Waals surface area contributed by atoms with Crippen LogP contribution in [0.15, 0.2) is 42.1 Å². The maximum absolute atomic E-state index is 14.0. The molecule has 116 valence electrons. The molecule has 1 aromatic heterocycles. The maximum Gasteiger partial charge on any atom is 0.191 e. The molecular weight excluding hydrogens is 301 g/mol. The molecule has 2 aromatic rings. The number of halogens is 1. The van der Waals surface area contributed by atoms with E-state index in [9.17, 15) is 4.39 Å². The quantitative estimate of drug-likeness (QED) is 0.603. The third kappa shape index (κ3) is 3.23. The number of aromatic nitrogens is 3. The number of hydrogen-bond acceptors (Lipinski definition) is 4. The van der Waals surface area contributed by atoms with Crippen LogP contribution >= 0.6 is 11.8 Å². The lowest BCUT2D eigenvalue weighted by atomic mass is 10.2. The van der Waals surface area contributed by atoms with Gasteiger partial charge in [0, 0.05) is 18.9 Å². The molecule has 0 spiro atoms. The first kappa shape index (κ1) is 15.2. The number of ether oxygens (including phenoxy) is 1. The fraction of sp³-hybridized carbons (Fsp3) is 0.375. The summed E-state index contributed by atoms with van der Waals surface area (Å²) in [6.07, 6.45) is 4.24. The number of hydrogen-bond donors (Lipinski definition) is 0. The van der Waals surface area contributed by atoms with Crippen LogP contribution in [0, 0.1) is 5.82 Å². The lowest BCUT2D eigenvalue weighted by Crippen LogP contribution is -2.09. The first-order valence-electron chi connectivity index (χ1n) is 7.33. The zero-order chi connectivity index (χ0) is 15.4. The number of rotatable bonds is 6. The minimum atomic E-state index is -0.295. The van der Waals surface area contributed by atoms with E-state index in [4.69, 9.17) is 4.74 Å². The third-order valence-electron chi connectivity index (χ3n) is 3.57. The van der Waals surface area contributed by atoms with Gasteiger partial charge in [-0.05, 0) is 25.0 Å². The average molecular weight is 319 g/mol. The van der Waals surface area contributed by atoms with Crippen LogP contribution in [-0.4, -0.2) is 33.2 Å². The molecule has 4 nitrogen and oxygen atoms in total. The van der Waals surface area contributed by atoms with Crippen LogP contribution in [0.2, 0.25) is 0 Å². The summed E-state index contributed by atoms with van der Waals surface area (Å²) in [6.45, 7) is 5.15. The largest absolute Gasteiger partial charge is 0.377 e. The van der Waals surface area contributed by atoms with Crippen molar-refractivity contribution in [2.45, 2.75) is 30.6 Å². The molecule has 0 radical (unpaired) electrons. The Balaban J connectivity index is 1.84. The highest BCUT2D eigenvalue weighted by Gasteiger charge is 2.20. The average Bonchev–Trinajstić information content (AvgIpc) is 3.16. The van der Waals surface area contributed by atoms with Gasteiger partial charge in [0.15, 0.2) is 11.0 Å². The molecule has 1 atom stereocenters. The van der Waals surface area contributed by atoms with Gasteiger partial charge in [0.05, 0.1) is 11.7 Å². The van der Waals surface area contributed by atoms with Crippen LogP contribution in [0.3, 0.4) is 0 Å². The molecule has 0 aliphatic carbocycles. The monoisotopic (exact) mass is 319 g/mol. The Kier molecular flexibility index (Phi) is 4.90. The topological polar surface area (TPSA) is 39.9 Å². The van der Waals surface area contributed by atoms with Crippen molar-refractivity contribution in [2.75, 3.05) is 12.4 Å². The second kappa shape index (κ2) is 7.07. The summed E-state index contributed by atoms with van der Waals surface area (Å²) in [5.41, 5.74) is 0.459. The van der Waals surface area contributed by atoms with E-state index in [0.717, 1.165) is 30.4 Å². The first-order valence-corrected chi connectivity index (χ1v) is 8.31. The van der Waals surface area contributed by atoms with Gasteiger partial charge >= 0.3 is 0 Å². The van der Waals surface area contributed by atoms with Crippen molar-refractivity contribution in [1.82, 2.24) is 14.8 Å². The second-order valence-corrected chi connectivity index (χ2v) is 6.12. The summed E-state index contributed by atoms with van der Waals surface area (Å²) in [6, 6.07) is 6.61. The van der Waals surface area contributed by atoms with Gasteiger partial charge in [-0.1, -0.05) is 30.0 Å². The molecule has 1 saturated heterocycles. The normalized spacial score (nSPS) is 17.8. The van der Waals surface area contributed by atoms with E-state index < -0.39 is 0 Å². The summed E-state index contributed by atoms with van der Waals surface area (Å²) in [5.74, 6) is 1.08. The molecule has 1 unspecified atom stereocenters. The van der Waals surface area contributed by atoms with Gasteiger partial charge < -0.3 is 4.74 Å². The van der Waals surface area contributed by atoms with Crippen LogP contribution < -0.4 is 0 Å². The Hall–Kier alpha value is -1.66. The van der Waals surface area contributed by atoms with Gasteiger partial charge in [0.2, 0.25) is 0 Å². The van der Waals surface area contributed by atoms with E-state index in [1.807, 2.05) is 4.57 Å². The summed E-state index contributed by atoms with van der Waals surface area (Å²) in [5, 5.41) is 9.17. The highest BCUT2D eigenvalue weighted by molar-refractivity contribution is 7.99. The molecule has 2 heterocycles. The van der Waals surface area contributed by atoms with Crippen LogP contribution in [0.1, 0.15) is 12.8 Å². The lowest BCUT2D eigenvalue weighted by Gasteiger charge is -2.10. The fourth-order valence-corrected chi connectivity index (χ4v) is 3.49. The molecule has 1 aliphatic rings. The maximum atomic E-state index is 14.0. The predicted octanol–water partition coefficient (Wildman–Crippen LogP) is 3.54. The number of allylic oxidation sites excluding steroid dienone is 1. The van der Waals surface area contributed by atoms with Gasteiger partial charge in [0.1, 0.15) is 5.82 Å². The minimum absolute atomic E-state index is 0.274. The molecule has 1 aliphatic heterocycles. The van der Waals surface area contributed by atoms with E-state index in [-0.39, 0.29) is 11.9 Å². The Morgan fingerprint density at radius 1 is 1.41 bits per heavy atom. The van der Waals surface area contributed by atoms with Crippen LogP contribution in [0.5, 0.6) is 0 Å².